The molecule has 0 saturated heterocycles. The molecule has 4 nitrogen and oxygen atoms in total. The third-order valence-electron chi connectivity index (χ3n) is 4.12. The first-order chi connectivity index (χ1) is 11.6. The van der Waals surface area contributed by atoms with E-state index in [0.29, 0.717) is 12.8 Å². The zero-order chi connectivity index (χ0) is 18.0. The van der Waals surface area contributed by atoms with Crippen molar-refractivity contribution in [2.75, 3.05) is 0 Å². The Balaban J connectivity index is 3.79. The highest BCUT2D eigenvalue weighted by molar-refractivity contribution is 5.71. The molecule has 1 N–H and O–H groups in total. The van der Waals surface area contributed by atoms with Crippen LogP contribution in [0.15, 0.2) is 12.7 Å². The molecule has 0 fully saturated rings. The molecule has 0 rings (SSSR count). The zero-order valence-electron chi connectivity index (χ0n) is 15.4. The topological polar surface area (TPSA) is 63.6 Å². The minimum atomic E-state index is -0.900. The lowest BCUT2D eigenvalue weighted by Crippen LogP contribution is -2.21. The number of carboxylic acids is 1. The SMILES string of the molecule is C=CCCCCCCCCC(=O)OC(CCCCCC)CC(=O)O. The van der Waals surface area contributed by atoms with Gasteiger partial charge in [0.2, 0.25) is 0 Å². The van der Waals surface area contributed by atoms with Crippen molar-refractivity contribution in [3.63, 3.8) is 0 Å². The standard InChI is InChI=1S/C20H36O4/c1-3-5-7-9-10-11-12-14-16-20(23)24-18(17-19(21)22)15-13-8-6-4-2/h3,18H,1,4-17H2,2H3,(H,21,22). The number of carbonyl (C=O) groups is 2. The number of ether oxygens (including phenoxy) is 1. The van der Waals surface area contributed by atoms with Gasteiger partial charge in [-0.15, -0.1) is 6.58 Å². The van der Waals surface area contributed by atoms with Gasteiger partial charge < -0.3 is 9.84 Å². The molecule has 24 heavy (non-hydrogen) atoms. The quantitative estimate of drug-likeness (QED) is 0.211. The number of hydrogen-bond donors (Lipinski definition) is 1. The van der Waals surface area contributed by atoms with Crippen LogP contribution in [-0.2, 0) is 14.3 Å². The molecule has 0 aliphatic carbocycles. The van der Waals surface area contributed by atoms with Crippen molar-refractivity contribution in [2.24, 2.45) is 0 Å². The Bertz CT molecular complexity index is 339. The fourth-order valence-corrected chi connectivity index (χ4v) is 2.71. The lowest BCUT2D eigenvalue weighted by atomic mass is 10.1. The van der Waals surface area contributed by atoms with Crippen molar-refractivity contribution in [3.8, 4) is 0 Å². The Labute approximate surface area is 147 Å². The highest BCUT2D eigenvalue weighted by atomic mass is 16.5. The van der Waals surface area contributed by atoms with Crippen LogP contribution in [0.5, 0.6) is 0 Å². The molecule has 0 aliphatic rings. The van der Waals surface area contributed by atoms with Crippen LogP contribution in [0.2, 0.25) is 0 Å². The van der Waals surface area contributed by atoms with Crippen LogP contribution in [0.4, 0.5) is 0 Å². The lowest BCUT2D eigenvalue weighted by molar-refractivity contribution is -0.153. The van der Waals surface area contributed by atoms with E-state index in [1.807, 2.05) is 6.08 Å². The summed E-state index contributed by atoms with van der Waals surface area (Å²) in [4.78, 5) is 22.8. The maximum atomic E-state index is 11.9. The van der Waals surface area contributed by atoms with Crippen molar-refractivity contribution < 1.29 is 19.4 Å². The Hall–Kier alpha value is -1.32. The smallest absolute Gasteiger partial charge is 0.307 e. The molecule has 140 valence electrons. The van der Waals surface area contributed by atoms with E-state index in [0.717, 1.165) is 51.4 Å². The summed E-state index contributed by atoms with van der Waals surface area (Å²) in [6.07, 6.45) is 14.4. The molecule has 0 radical (unpaired) electrons. The fraction of sp³-hybridized carbons (Fsp3) is 0.800. The van der Waals surface area contributed by atoms with E-state index in [2.05, 4.69) is 13.5 Å². The number of carboxylic acid groups (broad SMARTS) is 1. The highest BCUT2D eigenvalue weighted by Gasteiger charge is 2.17. The van der Waals surface area contributed by atoms with Crippen LogP contribution in [0.3, 0.4) is 0 Å². The molecule has 0 aromatic rings. The number of unbranched alkanes of at least 4 members (excludes halogenated alkanes) is 9. The minimum Gasteiger partial charge on any atom is -0.481 e. The van der Waals surface area contributed by atoms with Crippen LogP contribution in [-0.4, -0.2) is 23.1 Å². The largest absolute Gasteiger partial charge is 0.481 e. The Kier molecular flexibility index (Phi) is 15.6. The molecule has 1 atom stereocenters. The number of hydrogen-bond acceptors (Lipinski definition) is 3. The zero-order valence-corrected chi connectivity index (χ0v) is 15.4. The van der Waals surface area contributed by atoms with Gasteiger partial charge in [0, 0.05) is 6.42 Å². The number of allylic oxidation sites excluding steroid dienone is 1. The predicted molar refractivity (Wildman–Crippen MR) is 98.0 cm³/mol. The summed E-state index contributed by atoms with van der Waals surface area (Å²) < 4.78 is 5.37. The summed E-state index contributed by atoms with van der Waals surface area (Å²) in [5, 5.41) is 8.94. The summed E-state index contributed by atoms with van der Waals surface area (Å²) >= 11 is 0. The molecule has 0 amide bonds. The predicted octanol–water partition coefficient (Wildman–Crippen LogP) is 5.65. The lowest BCUT2D eigenvalue weighted by Gasteiger charge is -2.16. The first kappa shape index (κ1) is 22.7. The molecule has 0 aromatic heterocycles. The van der Waals surface area contributed by atoms with Crippen LogP contribution in [0.1, 0.15) is 96.8 Å². The third-order valence-corrected chi connectivity index (χ3v) is 4.12. The highest BCUT2D eigenvalue weighted by Crippen LogP contribution is 2.14. The molecule has 4 heteroatoms. The van der Waals surface area contributed by atoms with E-state index < -0.39 is 12.1 Å². The molecule has 0 saturated carbocycles. The molecule has 0 spiro atoms. The first-order valence-electron chi connectivity index (χ1n) is 9.62. The molecule has 0 aliphatic heterocycles. The molecule has 0 aromatic carbocycles. The van der Waals surface area contributed by atoms with Gasteiger partial charge in [0.15, 0.2) is 0 Å². The van der Waals surface area contributed by atoms with Gasteiger partial charge in [-0.2, -0.15) is 0 Å². The Morgan fingerprint density at radius 3 is 2.25 bits per heavy atom. The van der Waals surface area contributed by atoms with Crippen molar-refractivity contribution in [1.29, 1.82) is 0 Å². The van der Waals surface area contributed by atoms with Crippen LogP contribution < -0.4 is 0 Å². The van der Waals surface area contributed by atoms with Crippen molar-refractivity contribution in [2.45, 2.75) is 103 Å². The Morgan fingerprint density at radius 2 is 1.62 bits per heavy atom. The van der Waals surface area contributed by atoms with Crippen molar-refractivity contribution >= 4 is 11.9 Å². The summed E-state index contributed by atoms with van der Waals surface area (Å²) in [5.41, 5.74) is 0. The van der Waals surface area contributed by atoms with Crippen molar-refractivity contribution in [1.82, 2.24) is 0 Å². The third kappa shape index (κ3) is 15.6. The average Bonchev–Trinajstić information content (AvgIpc) is 2.53. The van der Waals surface area contributed by atoms with Crippen molar-refractivity contribution in [3.05, 3.63) is 12.7 Å². The van der Waals surface area contributed by atoms with Gasteiger partial charge in [-0.05, 0) is 32.1 Å². The van der Waals surface area contributed by atoms with Gasteiger partial charge in [-0.1, -0.05) is 57.9 Å². The molecular formula is C20H36O4. The molecule has 0 heterocycles. The maximum absolute atomic E-state index is 11.9. The van der Waals surface area contributed by atoms with E-state index in [9.17, 15) is 9.59 Å². The van der Waals surface area contributed by atoms with Gasteiger partial charge in [0.05, 0.1) is 6.42 Å². The summed E-state index contributed by atoms with van der Waals surface area (Å²) in [6, 6.07) is 0. The monoisotopic (exact) mass is 340 g/mol. The van der Waals surface area contributed by atoms with Crippen LogP contribution in [0, 0.1) is 0 Å². The molecule has 1 unspecified atom stereocenters. The van der Waals surface area contributed by atoms with Gasteiger partial charge in [-0.3, -0.25) is 9.59 Å². The number of esters is 1. The fourth-order valence-electron chi connectivity index (χ4n) is 2.71. The summed E-state index contributed by atoms with van der Waals surface area (Å²) in [5.74, 6) is -1.15. The first-order valence-corrected chi connectivity index (χ1v) is 9.62. The number of rotatable bonds is 17. The molecular weight excluding hydrogens is 304 g/mol. The maximum Gasteiger partial charge on any atom is 0.307 e. The van der Waals surface area contributed by atoms with E-state index in [1.165, 1.54) is 19.3 Å². The number of aliphatic carboxylic acids is 1. The van der Waals surface area contributed by atoms with E-state index in [1.54, 1.807) is 0 Å². The van der Waals surface area contributed by atoms with Gasteiger partial charge in [-0.25, -0.2) is 0 Å². The minimum absolute atomic E-state index is 0.0822. The van der Waals surface area contributed by atoms with Gasteiger partial charge in [0.1, 0.15) is 6.10 Å². The van der Waals surface area contributed by atoms with E-state index >= 15 is 0 Å². The number of carbonyl (C=O) groups excluding carboxylic acids is 1. The van der Waals surface area contributed by atoms with Crippen LogP contribution >= 0.6 is 0 Å². The van der Waals surface area contributed by atoms with E-state index in [-0.39, 0.29) is 12.4 Å². The summed E-state index contributed by atoms with van der Waals surface area (Å²) in [6.45, 7) is 5.84. The summed E-state index contributed by atoms with van der Waals surface area (Å²) in [7, 11) is 0. The van der Waals surface area contributed by atoms with Crippen LogP contribution in [0.25, 0.3) is 0 Å². The second-order valence-corrected chi connectivity index (χ2v) is 6.51. The normalized spacial score (nSPS) is 11.9. The van der Waals surface area contributed by atoms with E-state index in [4.69, 9.17) is 9.84 Å². The second kappa shape index (κ2) is 16.5. The molecule has 0 bridgehead atoms. The second-order valence-electron chi connectivity index (χ2n) is 6.51. The van der Waals surface area contributed by atoms with Gasteiger partial charge >= 0.3 is 11.9 Å². The average molecular weight is 341 g/mol. The Morgan fingerprint density at radius 1 is 1.00 bits per heavy atom. The van der Waals surface area contributed by atoms with Gasteiger partial charge in [0.25, 0.3) is 0 Å².